The van der Waals surface area contributed by atoms with Crippen LogP contribution in [-0.4, -0.2) is 37.2 Å². The molecule has 0 aromatic heterocycles. The summed E-state index contributed by atoms with van der Waals surface area (Å²) in [5, 5.41) is 0. The summed E-state index contributed by atoms with van der Waals surface area (Å²) >= 11 is 0. The van der Waals surface area contributed by atoms with Crippen LogP contribution in [0, 0.1) is 0 Å². The Morgan fingerprint density at radius 2 is 0.565 bits per heavy atom. The molecule has 1 unspecified atom stereocenters. The highest BCUT2D eigenvalue weighted by atomic mass is 16.6. The highest BCUT2D eigenvalue weighted by molar-refractivity contribution is 5.71. The van der Waals surface area contributed by atoms with Crippen LogP contribution >= 0.6 is 0 Å². The summed E-state index contributed by atoms with van der Waals surface area (Å²) in [6, 6.07) is 0. The summed E-state index contributed by atoms with van der Waals surface area (Å²) in [5.74, 6) is -0.945. The molecule has 0 heterocycles. The number of unbranched alkanes of at least 4 members (excludes halogenated alkanes) is 21. The van der Waals surface area contributed by atoms with Gasteiger partial charge in [0.05, 0.1) is 0 Å². The minimum Gasteiger partial charge on any atom is -0.462 e. The molecular formula is C63H104O6. The lowest BCUT2D eigenvalue weighted by Crippen LogP contribution is -2.30. The zero-order valence-corrected chi connectivity index (χ0v) is 44.8. The number of carbonyl (C=O) groups excluding carboxylic acids is 3. The molecule has 0 saturated carbocycles. The van der Waals surface area contributed by atoms with Crippen molar-refractivity contribution in [2.45, 2.75) is 258 Å². The van der Waals surface area contributed by atoms with Crippen molar-refractivity contribution in [3.05, 3.63) is 109 Å². The molecule has 0 bridgehead atoms. The van der Waals surface area contributed by atoms with Crippen molar-refractivity contribution in [1.82, 2.24) is 0 Å². The van der Waals surface area contributed by atoms with E-state index in [1.807, 2.05) is 0 Å². The average Bonchev–Trinajstić information content (AvgIpc) is 3.35. The van der Waals surface area contributed by atoms with E-state index in [0.29, 0.717) is 19.3 Å². The normalized spacial score (nSPS) is 12.9. The number of ether oxygens (including phenoxy) is 3. The van der Waals surface area contributed by atoms with Crippen LogP contribution in [0.4, 0.5) is 0 Å². The van der Waals surface area contributed by atoms with Crippen LogP contribution in [0.2, 0.25) is 0 Å². The molecule has 0 amide bonds. The van der Waals surface area contributed by atoms with E-state index in [2.05, 4.69) is 130 Å². The van der Waals surface area contributed by atoms with Gasteiger partial charge in [-0.1, -0.05) is 233 Å². The van der Waals surface area contributed by atoms with Gasteiger partial charge in [0.1, 0.15) is 13.2 Å². The molecule has 0 spiro atoms. The SMILES string of the molecule is CC/C=C\C/C=C\C/C=C\C/C=C\C/C=C\C/C=C\C/C=C\CCCCCC(=O)OCC(COC(=O)CCCCCCCCCCCC)OC(=O)CCCCCCC/C=C\C/C=C\CCCCCC. The highest BCUT2D eigenvalue weighted by Crippen LogP contribution is 2.14. The van der Waals surface area contributed by atoms with Crippen molar-refractivity contribution >= 4 is 17.9 Å². The van der Waals surface area contributed by atoms with Gasteiger partial charge in [0, 0.05) is 19.3 Å². The topological polar surface area (TPSA) is 78.9 Å². The van der Waals surface area contributed by atoms with Gasteiger partial charge in [-0.05, 0) is 109 Å². The molecular weight excluding hydrogens is 853 g/mol. The van der Waals surface area contributed by atoms with Crippen LogP contribution in [0.3, 0.4) is 0 Å². The first-order valence-corrected chi connectivity index (χ1v) is 28.4. The van der Waals surface area contributed by atoms with Crippen LogP contribution in [0.15, 0.2) is 109 Å². The third kappa shape index (κ3) is 54.9. The highest BCUT2D eigenvalue weighted by Gasteiger charge is 2.19. The summed E-state index contributed by atoms with van der Waals surface area (Å²) in [7, 11) is 0. The molecule has 0 fully saturated rings. The molecule has 0 radical (unpaired) electrons. The summed E-state index contributed by atoms with van der Waals surface area (Å²) in [6.07, 6.45) is 76.5. The van der Waals surface area contributed by atoms with Crippen molar-refractivity contribution in [2.24, 2.45) is 0 Å². The fourth-order valence-corrected chi connectivity index (χ4v) is 7.51. The van der Waals surface area contributed by atoms with Crippen LogP contribution in [0.1, 0.15) is 252 Å². The van der Waals surface area contributed by atoms with Crippen LogP contribution in [0.5, 0.6) is 0 Å². The van der Waals surface area contributed by atoms with Crippen LogP contribution in [-0.2, 0) is 28.6 Å². The Morgan fingerprint density at radius 1 is 0.304 bits per heavy atom. The lowest BCUT2D eigenvalue weighted by molar-refractivity contribution is -0.167. The summed E-state index contributed by atoms with van der Waals surface area (Å²) in [4.78, 5) is 38.0. The molecule has 0 aliphatic rings. The van der Waals surface area contributed by atoms with Crippen molar-refractivity contribution in [1.29, 1.82) is 0 Å². The van der Waals surface area contributed by atoms with Gasteiger partial charge in [-0.25, -0.2) is 0 Å². The van der Waals surface area contributed by atoms with E-state index in [9.17, 15) is 14.4 Å². The largest absolute Gasteiger partial charge is 0.462 e. The number of allylic oxidation sites excluding steroid dienone is 18. The van der Waals surface area contributed by atoms with E-state index >= 15 is 0 Å². The second-order valence-corrected chi connectivity index (χ2v) is 18.5. The Labute approximate surface area is 425 Å². The van der Waals surface area contributed by atoms with E-state index in [1.54, 1.807) is 0 Å². The smallest absolute Gasteiger partial charge is 0.306 e. The first kappa shape index (κ1) is 65.1. The molecule has 1 atom stereocenters. The lowest BCUT2D eigenvalue weighted by Gasteiger charge is -2.18. The zero-order valence-electron chi connectivity index (χ0n) is 44.8. The van der Waals surface area contributed by atoms with Gasteiger partial charge >= 0.3 is 17.9 Å². The van der Waals surface area contributed by atoms with Gasteiger partial charge < -0.3 is 14.2 Å². The number of esters is 3. The second-order valence-electron chi connectivity index (χ2n) is 18.5. The third-order valence-electron chi connectivity index (χ3n) is 11.8. The summed E-state index contributed by atoms with van der Waals surface area (Å²) < 4.78 is 16.8. The first-order valence-electron chi connectivity index (χ1n) is 28.4. The van der Waals surface area contributed by atoms with Gasteiger partial charge in [-0.15, -0.1) is 0 Å². The molecule has 392 valence electrons. The van der Waals surface area contributed by atoms with Crippen molar-refractivity contribution in [3.8, 4) is 0 Å². The Hall–Kier alpha value is -3.93. The maximum atomic E-state index is 12.8. The van der Waals surface area contributed by atoms with Crippen LogP contribution in [0.25, 0.3) is 0 Å². The van der Waals surface area contributed by atoms with E-state index in [0.717, 1.165) is 135 Å². The van der Waals surface area contributed by atoms with E-state index in [1.165, 1.54) is 77.0 Å². The Morgan fingerprint density at radius 3 is 0.913 bits per heavy atom. The van der Waals surface area contributed by atoms with Crippen molar-refractivity contribution in [3.63, 3.8) is 0 Å². The van der Waals surface area contributed by atoms with Gasteiger partial charge in [0.15, 0.2) is 6.10 Å². The quantitative estimate of drug-likeness (QED) is 0.0262. The maximum absolute atomic E-state index is 12.8. The number of hydrogen-bond acceptors (Lipinski definition) is 6. The number of carbonyl (C=O) groups is 3. The van der Waals surface area contributed by atoms with E-state index < -0.39 is 6.10 Å². The van der Waals surface area contributed by atoms with Gasteiger partial charge in [-0.3, -0.25) is 14.4 Å². The van der Waals surface area contributed by atoms with Gasteiger partial charge in [0.2, 0.25) is 0 Å². The molecule has 6 heteroatoms. The van der Waals surface area contributed by atoms with E-state index in [4.69, 9.17) is 14.2 Å². The molecule has 0 aliphatic carbocycles. The minimum atomic E-state index is -0.799. The molecule has 0 saturated heterocycles. The fraction of sp³-hybridized carbons (Fsp3) is 0.667. The summed E-state index contributed by atoms with van der Waals surface area (Å²) in [5.41, 5.74) is 0. The van der Waals surface area contributed by atoms with Crippen molar-refractivity contribution in [2.75, 3.05) is 13.2 Å². The van der Waals surface area contributed by atoms with Gasteiger partial charge in [-0.2, -0.15) is 0 Å². The fourth-order valence-electron chi connectivity index (χ4n) is 7.51. The number of hydrogen-bond donors (Lipinski definition) is 0. The Balaban J connectivity index is 4.40. The molecule has 6 nitrogen and oxygen atoms in total. The van der Waals surface area contributed by atoms with Crippen LogP contribution < -0.4 is 0 Å². The summed E-state index contributed by atoms with van der Waals surface area (Å²) in [6.45, 7) is 6.45. The minimum absolute atomic E-state index is 0.0945. The zero-order chi connectivity index (χ0) is 50.0. The molecule has 0 rings (SSSR count). The average molecular weight is 958 g/mol. The molecule has 0 N–H and O–H groups in total. The predicted octanol–water partition coefficient (Wildman–Crippen LogP) is 19.1. The molecule has 69 heavy (non-hydrogen) atoms. The maximum Gasteiger partial charge on any atom is 0.306 e. The second kappa shape index (κ2) is 56.7. The van der Waals surface area contributed by atoms with Crippen molar-refractivity contribution < 1.29 is 28.6 Å². The predicted molar refractivity (Wildman–Crippen MR) is 297 cm³/mol. The van der Waals surface area contributed by atoms with E-state index in [-0.39, 0.29) is 31.1 Å². The lowest BCUT2D eigenvalue weighted by atomic mass is 10.1. The Bertz CT molecular complexity index is 1420. The standard InChI is InChI=1S/C63H104O6/c1-4-7-10-13-16-19-22-24-26-28-29-30-31-32-33-34-35-36-38-39-41-44-47-50-53-56-62(65)68-59-60(58-67-61(64)55-52-49-46-43-21-18-15-12-9-6-3)69-63(66)57-54-51-48-45-42-40-37-27-25-23-20-17-14-11-8-5-2/h7,10,16,19-20,23-24,26-27,29-30,32-33,35-37,39,41,60H,4-6,8-9,11-15,17-18,21-22,25,28,31,34,38,40,42-59H2,1-3H3/b10-7-,19-16-,23-20-,26-24-,30-29-,33-32-,36-35-,37-27-,41-39-. The molecule has 0 aromatic carbocycles. The third-order valence-corrected chi connectivity index (χ3v) is 11.8. The monoisotopic (exact) mass is 957 g/mol. The molecule has 0 aromatic rings. The molecule has 0 aliphatic heterocycles. The Kier molecular flexibility index (Phi) is 53.4. The van der Waals surface area contributed by atoms with Gasteiger partial charge in [0.25, 0.3) is 0 Å². The first-order chi connectivity index (χ1) is 34.0. The number of rotatable bonds is 50.